The molecule has 104 valence electrons. The normalized spacial score (nSPS) is 16.8. The van der Waals surface area contributed by atoms with Gasteiger partial charge in [0, 0.05) is 10.8 Å². The minimum Gasteiger partial charge on any atom is -0.293 e. The molecule has 1 aromatic carbocycles. The van der Waals surface area contributed by atoms with Crippen LogP contribution < -0.4 is 0 Å². The minimum atomic E-state index is -4.35. The van der Waals surface area contributed by atoms with Crippen LogP contribution in [0, 0.1) is 0 Å². The third-order valence-electron chi connectivity index (χ3n) is 3.29. The number of Topliss-reactive ketones (excluding diaryl/α,β-unsaturated/α-hetero) is 1. The highest BCUT2D eigenvalue weighted by Gasteiger charge is 2.30. The average molecular weight is 288 g/mol. The molecule has 1 aliphatic carbocycles. The summed E-state index contributed by atoms with van der Waals surface area (Å²) in [7, 11) is 0. The molecule has 0 bridgehead atoms. The zero-order valence-corrected chi connectivity index (χ0v) is 11.2. The number of thioether (sulfide) groups is 1. The van der Waals surface area contributed by atoms with Gasteiger partial charge in [0.05, 0.1) is 11.3 Å². The lowest BCUT2D eigenvalue weighted by Gasteiger charge is -2.09. The highest BCUT2D eigenvalue weighted by Crippen LogP contribution is 2.31. The van der Waals surface area contributed by atoms with Crippen LogP contribution in [-0.2, 0) is 6.18 Å². The Morgan fingerprint density at radius 3 is 2.26 bits per heavy atom. The van der Waals surface area contributed by atoms with Crippen molar-refractivity contribution in [1.82, 2.24) is 0 Å². The first-order chi connectivity index (χ1) is 8.97. The summed E-state index contributed by atoms with van der Waals surface area (Å²) in [5.41, 5.74) is -0.356. The van der Waals surface area contributed by atoms with Crippen LogP contribution >= 0.6 is 11.8 Å². The molecule has 0 unspecified atom stereocenters. The van der Waals surface area contributed by atoms with Crippen molar-refractivity contribution in [3.8, 4) is 0 Å². The molecule has 2 rings (SSSR count). The standard InChI is InChI=1S/C14H15F3OS/c15-14(16,17)11-7-5-10(6-8-11)13(18)9-19-12-3-1-2-4-12/h5-8,12H,1-4,9H2. The van der Waals surface area contributed by atoms with Gasteiger partial charge in [-0.1, -0.05) is 25.0 Å². The van der Waals surface area contributed by atoms with Gasteiger partial charge in [0.15, 0.2) is 5.78 Å². The van der Waals surface area contributed by atoms with Crippen LogP contribution in [-0.4, -0.2) is 16.8 Å². The second-order valence-corrected chi connectivity index (χ2v) is 6.00. The molecule has 1 aromatic rings. The third kappa shape index (κ3) is 4.00. The number of carbonyl (C=O) groups excluding carboxylic acids is 1. The van der Waals surface area contributed by atoms with E-state index < -0.39 is 11.7 Å². The lowest BCUT2D eigenvalue weighted by atomic mass is 10.1. The number of hydrogen-bond donors (Lipinski definition) is 0. The van der Waals surface area contributed by atoms with Gasteiger partial charge >= 0.3 is 6.18 Å². The van der Waals surface area contributed by atoms with Crippen molar-refractivity contribution in [1.29, 1.82) is 0 Å². The van der Waals surface area contributed by atoms with Gasteiger partial charge in [0.1, 0.15) is 0 Å². The summed E-state index contributed by atoms with van der Waals surface area (Å²) in [6.07, 6.45) is 0.369. The zero-order valence-electron chi connectivity index (χ0n) is 10.4. The minimum absolute atomic E-state index is 0.0920. The summed E-state index contributed by atoms with van der Waals surface area (Å²) in [6, 6.07) is 4.46. The van der Waals surface area contributed by atoms with Crippen molar-refractivity contribution < 1.29 is 18.0 Å². The van der Waals surface area contributed by atoms with Gasteiger partial charge in [0.2, 0.25) is 0 Å². The predicted molar refractivity (Wildman–Crippen MR) is 70.5 cm³/mol. The topological polar surface area (TPSA) is 17.1 Å². The van der Waals surface area contributed by atoms with Crippen molar-refractivity contribution in [2.45, 2.75) is 37.1 Å². The lowest BCUT2D eigenvalue weighted by Crippen LogP contribution is -2.08. The first-order valence-electron chi connectivity index (χ1n) is 6.29. The fourth-order valence-corrected chi connectivity index (χ4v) is 3.40. The SMILES string of the molecule is O=C(CSC1CCCC1)c1ccc(C(F)(F)F)cc1. The first-order valence-corrected chi connectivity index (χ1v) is 7.34. The molecule has 0 aliphatic heterocycles. The number of hydrogen-bond acceptors (Lipinski definition) is 2. The van der Waals surface area contributed by atoms with E-state index in [0.717, 1.165) is 25.0 Å². The molecule has 1 saturated carbocycles. The molecule has 0 N–H and O–H groups in total. The summed E-state index contributed by atoms with van der Waals surface area (Å²) < 4.78 is 37.2. The summed E-state index contributed by atoms with van der Waals surface area (Å²) in [4.78, 5) is 11.9. The maximum Gasteiger partial charge on any atom is 0.416 e. The van der Waals surface area contributed by atoms with Gasteiger partial charge in [-0.3, -0.25) is 4.79 Å². The largest absolute Gasteiger partial charge is 0.416 e. The molecule has 1 nitrogen and oxygen atoms in total. The molecule has 0 amide bonds. The van der Waals surface area contributed by atoms with Gasteiger partial charge in [-0.05, 0) is 25.0 Å². The molecule has 0 atom stereocenters. The Hall–Kier alpha value is -0.970. The number of rotatable bonds is 4. The predicted octanol–water partition coefficient (Wildman–Crippen LogP) is 4.56. The van der Waals surface area contributed by atoms with E-state index >= 15 is 0 Å². The van der Waals surface area contributed by atoms with Crippen LogP contribution in [0.25, 0.3) is 0 Å². The molecule has 0 heterocycles. The lowest BCUT2D eigenvalue weighted by molar-refractivity contribution is -0.137. The summed E-state index contributed by atoms with van der Waals surface area (Å²) in [6.45, 7) is 0. The van der Waals surface area contributed by atoms with E-state index in [2.05, 4.69) is 0 Å². The van der Waals surface area contributed by atoms with E-state index in [0.29, 0.717) is 16.6 Å². The van der Waals surface area contributed by atoms with E-state index in [1.807, 2.05) is 0 Å². The molecular weight excluding hydrogens is 273 g/mol. The quantitative estimate of drug-likeness (QED) is 0.755. The van der Waals surface area contributed by atoms with Crippen LogP contribution in [0.4, 0.5) is 13.2 Å². The molecule has 5 heteroatoms. The second-order valence-electron chi connectivity index (χ2n) is 4.72. The molecular formula is C14H15F3OS. The van der Waals surface area contributed by atoms with Crippen molar-refractivity contribution in [2.75, 3.05) is 5.75 Å². The molecule has 19 heavy (non-hydrogen) atoms. The van der Waals surface area contributed by atoms with E-state index in [4.69, 9.17) is 0 Å². The number of alkyl halides is 3. The van der Waals surface area contributed by atoms with Gasteiger partial charge in [-0.15, -0.1) is 0 Å². The van der Waals surface area contributed by atoms with E-state index in [1.165, 1.54) is 25.0 Å². The molecule has 0 aromatic heterocycles. The molecule has 0 radical (unpaired) electrons. The molecule has 0 spiro atoms. The van der Waals surface area contributed by atoms with Crippen LogP contribution in [0.1, 0.15) is 41.6 Å². The van der Waals surface area contributed by atoms with Crippen molar-refractivity contribution in [3.05, 3.63) is 35.4 Å². The van der Waals surface area contributed by atoms with Gasteiger partial charge in [-0.2, -0.15) is 24.9 Å². The molecule has 0 saturated heterocycles. The smallest absolute Gasteiger partial charge is 0.293 e. The van der Waals surface area contributed by atoms with Crippen molar-refractivity contribution in [3.63, 3.8) is 0 Å². The average Bonchev–Trinajstić information content (AvgIpc) is 2.88. The van der Waals surface area contributed by atoms with Crippen LogP contribution in [0.15, 0.2) is 24.3 Å². The van der Waals surface area contributed by atoms with Gasteiger partial charge in [-0.25, -0.2) is 0 Å². The summed E-state index contributed by atoms with van der Waals surface area (Å²) in [5, 5.41) is 0.540. The third-order valence-corrected chi connectivity index (χ3v) is 4.66. The number of halogens is 3. The Kier molecular flexibility index (Phi) is 4.55. The van der Waals surface area contributed by atoms with Crippen molar-refractivity contribution >= 4 is 17.5 Å². The summed E-state index contributed by atoms with van der Waals surface area (Å²) in [5.74, 6) is 0.265. The van der Waals surface area contributed by atoms with E-state index in [1.54, 1.807) is 11.8 Å². The van der Waals surface area contributed by atoms with Crippen LogP contribution in [0.3, 0.4) is 0 Å². The fraction of sp³-hybridized carbons (Fsp3) is 0.500. The Bertz CT molecular complexity index is 433. The molecule has 1 fully saturated rings. The Morgan fingerprint density at radius 1 is 1.16 bits per heavy atom. The Balaban J connectivity index is 1.92. The monoisotopic (exact) mass is 288 g/mol. The Morgan fingerprint density at radius 2 is 1.74 bits per heavy atom. The van der Waals surface area contributed by atoms with E-state index in [-0.39, 0.29) is 5.78 Å². The fourth-order valence-electron chi connectivity index (χ4n) is 2.18. The zero-order chi connectivity index (χ0) is 13.9. The maximum atomic E-state index is 12.4. The van der Waals surface area contributed by atoms with Crippen molar-refractivity contribution in [2.24, 2.45) is 0 Å². The number of benzene rings is 1. The maximum absolute atomic E-state index is 12.4. The second kappa shape index (κ2) is 5.99. The number of carbonyl (C=O) groups is 1. The van der Waals surface area contributed by atoms with Gasteiger partial charge < -0.3 is 0 Å². The highest BCUT2D eigenvalue weighted by molar-refractivity contribution is 8.00. The van der Waals surface area contributed by atoms with Gasteiger partial charge in [0.25, 0.3) is 0 Å². The number of ketones is 1. The van der Waals surface area contributed by atoms with Crippen LogP contribution in [0.2, 0.25) is 0 Å². The van der Waals surface area contributed by atoms with E-state index in [9.17, 15) is 18.0 Å². The highest BCUT2D eigenvalue weighted by atomic mass is 32.2. The first kappa shape index (κ1) is 14.4. The summed E-state index contributed by atoms with van der Waals surface area (Å²) >= 11 is 1.62. The Labute approximate surface area is 114 Å². The van der Waals surface area contributed by atoms with Crippen LogP contribution in [0.5, 0.6) is 0 Å². The molecule has 1 aliphatic rings.